The van der Waals surface area contributed by atoms with Gasteiger partial charge >= 0.3 is 12.1 Å². The summed E-state index contributed by atoms with van der Waals surface area (Å²) in [5.74, 6) is -0.105. The van der Waals surface area contributed by atoms with E-state index in [1.54, 1.807) is 29.3 Å². The standard InChI is InChI=1S/C25H30FN5O4S/c1-5-34-23(32)18-15-36-22(27-18)21-20(16-6-8-17(26)9-7-16)28-19(29-21)14-30-10-12-31(13-11-30)24(33)35-25(2,3)4/h6-9,15H,5,10-14H2,1-4H3,(H,28,29). The minimum absolute atomic E-state index is 0.233. The smallest absolute Gasteiger partial charge is 0.410 e. The van der Waals surface area contributed by atoms with Gasteiger partial charge in [0.25, 0.3) is 0 Å². The number of aromatic nitrogens is 3. The van der Waals surface area contributed by atoms with E-state index in [1.165, 1.54) is 23.5 Å². The third kappa shape index (κ3) is 6.27. The lowest BCUT2D eigenvalue weighted by Crippen LogP contribution is -2.49. The highest BCUT2D eigenvalue weighted by Crippen LogP contribution is 2.33. The minimum Gasteiger partial charge on any atom is -0.461 e. The number of imidazole rings is 1. The maximum atomic E-state index is 13.6. The maximum absolute atomic E-state index is 13.6. The van der Waals surface area contributed by atoms with Gasteiger partial charge in [0.15, 0.2) is 5.69 Å². The zero-order chi connectivity index (χ0) is 25.9. The first-order valence-electron chi connectivity index (χ1n) is 11.8. The van der Waals surface area contributed by atoms with Crippen molar-refractivity contribution in [2.24, 2.45) is 0 Å². The van der Waals surface area contributed by atoms with Crippen LogP contribution in [0, 0.1) is 5.82 Å². The molecule has 4 rings (SSSR count). The predicted molar refractivity (Wildman–Crippen MR) is 134 cm³/mol. The van der Waals surface area contributed by atoms with Crippen LogP contribution in [0.4, 0.5) is 9.18 Å². The summed E-state index contributed by atoms with van der Waals surface area (Å²) in [5, 5.41) is 2.24. The molecule has 0 spiro atoms. The first-order valence-corrected chi connectivity index (χ1v) is 12.7. The van der Waals surface area contributed by atoms with E-state index in [2.05, 4.69) is 14.9 Å². The monoisotopic (exact) mass is 515 g/mol. The first-order chi connectivity index (χ1) is 17.1. The topological polar surface area (TPSA) is 101 Å². The summed E-state index contributed by atoms with van der Waals surface area (Å²) >= 11 is 1.31. The van der Waals surface area contributed by atoms with Gasteiger partial charge in [-0.2, -0.15) is 0 Å². The lowest BCUT2D eigenvalue weighted by molar-refractivity contribution is 0.0137. The fourth-order valence-electron chi connectivity index (χ4n) is 3.78. The average Bonchev–Trinajstić information content (AvgIpc) is 3.47. The van der Waals surface area contributed by atoms with E-state index >= 15 is 0 Å². The molecule has 192 valence electrons. The zero-order valence-corrected chi connectivity index (χ0v) is 21.7. The number of ether oxygens (including phenoxy) is 2. The molecule has 9 nitrogen and oxygen atoms in total. The van der Waals surface area contributed by atoms with Crippen molar-refractivity contribution in [2.75, 3.05) is 32.8 Å². The fourth-order valence-corrected chi connectivity index (χ4v) is 4.57. The number of nitrogens with zero attached hydrogens (tertiary/aromatic N) is 4. The van der Waals surface area contributed by atoms with Gasteiger partial charge in [0.2, 0.25) is 0 Å². The van der Waals surface area contributed by atoms with Crippen molar-refractivity contribution >= 4 is 23.4 Å². The minimum atomic E-state index is -0.529. The highest BCUT2D eigenvalue weighted by Gasteiger charge is 2.27. The highest BCUT2D eigenvalue weighted by atomic mass is 32.1. The molecule has 36 heavy (non-hydrogen) atoms. The third-order valence-corrected chi connectivity index (χ3v) is 6.33. The SMILES string of the molecule is CCOC(=O)c1csc(-c2[nH]c(CN3CCN(C(=O)OC(C)(C)C)CC3)nc2-c2ccc(F)cc2)n1. The second kappa shape index (κ2) is 10.8. The van der Waals surface area contributed by atoms with Gasteiger partial charge in [-0.3, -0.25) is 4.90 Å². The Morgan fingerprint density at radius 3 is 2.44 bits per heavy atom. The second-order valence-electron chi connectivity index (χ2n) is 9.42. The summed E-state index contributed by atoms with van der Waals surface area (Å²) in [4.78, 5) is 41.0. The van der Waals surface area contributed by atoms with Crippen molar-refractivity contribution in [1.82, 2.24) is 24.8 Å². The van der Waals surface area contributed by atoms with Gasteiger partial charge in [-0.1, -0.05) is 0 Å². The molecule has 1 fully saturated rings. The number of hydrogen-bond acceptors (Lipinski definition) is 8. The van der Waals surface area contributed by atoms with Crippen LogP contribution in [0.15, 0.2) is 29.6 Å². The third-order valence-electron chi connectivity index (χ3n) is 5.47. The quantitative estimate of drug-likeness (QED) is 0.480. The van der Waals surface area contributed by atoms with Crippen LogP contribution in [0.1, 0.15) is 44.0 Å². The number of benzene rings is 1. The molecule has 0 atom stereocenters. The molecule has 11 heteroatoms. The predicted octanol–water partition coefficient (Wildman–Crippen LogP) is 4.57. The summed E-state index contributed by atoms with van der Waals surface area (Å²) in [6.45, 7) is 10.6. The Hall–Kier alpha value is -3.31. The highest BCUT2D eigenvalue weighted by molar-refractivity contribution is 7.13. The van der Waals surface area contributed by atoms with Crippen LogP contribution in [0.3, 0.4) is 0 Å². The molecule has 0 bridgehead atoms. The van der Waals surface area contributed by atoms with Gasteiger partial charge in [-0.25, -0.2) is 23.9 Å². The van der Waals surface area contributed by atoms with Crippen molar-refractivity contribution in [1.29, 1.82) is 0 Å². The number of nitrogens with one attached hydrogen (secondary N) is 1. The molecule has 1 amide bonds. The Bertz CT molecular complexity index is 1210. The summed E-state index contributed by atoms with van der Waals surface area (Å²) in [6.07, 6.45) is -0.304. The molecular weight excluding hydrogens is 485 g/mol. The number of esters is 1. The number of aromatic amines is 1. The zero-order valence-electron chi connectivity index (χ0n) is 20.8. The Kier molecular flexibility index (Phi) is 7.70. The molecule has 1 aliphatic heterocycles. The number of thiazole rings is 1. The van der Waals surface area contributed by atoms with Crippen LogP contribution in [0.5, 0.6) is 0 Å². The largest absolute Gasteiger partial charge is 0.461 e. The molecule has 1 N–H and O–H groups in total. The maximum Gasteiger partial charge on any atom is 0.410 e. The van der Waals surface area contributed by atoms with Gasteiger partial charge in [-0.15, -0.1) is 11.3 Å². The van der Waals surface area contributed by atoms with Crippen molar-refractivity contribution in [2.45, 2.75) is 39.8 Å². The Morgan fingerprint density at radius 1 is 1.11 bits per heavy atom. The van der Waals surface area contributed by atoms with Gasteiger partial charge in [0, 0.05) is 37.1 Å². The summed E-state index contributed by atoms with van der Waals surface area (Å²) in [5.41, 5.74) is 1.72. The van der Waals surface area contributed by atoms with Crippen LogP contribution in [0.25, 0.3) is 22.0 Å². The van der Waals surface area contributed by atoms with Crippen LogP contribution in [-0.2, 0) is 16.0 Å². The van der Waals surface area contributed by atoms with E-state index in [0.717, 1.165) is 5.56 Å². The van der Waals surface area contributed by atoms with E-state index in [0.29, 0.717) is 54.9 Å². The fraction of sp³-hybridized carbons (Fsp3) is 0.440. The molecule has 1 aromatic carbocycles. The molecule has 2 aromatic heterocycles. The molecule has 1 saturated heterocycles. The first kappa shape index (κ1) is 25.8. The Balaban J connectivity index is 1.52. The average molecular weight is 516 g/mol. The van der Waals surface area contributed by atoms with E-state index in [-0.39, 0.29) is 24.2 Å². The van der Waals surface area contributed by atoms with Gasteiger partial charge in [0.1, 0.15) is 27.9 Å². The van der Waals surface area contributed by atoms with Gasteiger partial charge in [-0.05, 0) is 52.0 Å². The molecule has 0 aliphatic carbocycles. The molecule has 3 heterocycles. The van der Waals surface area contributed by atoms with Crippen LogP contribution < -0.4 is 0 Å². The van der Waals surface area contributed by atoms with Crippen molar-refractivity contribution < 1.29 is 23.5 Å². The van der Waals surface area contributed by atoms with Crippen LogP contribution in [0.2, 0.25) is 0 Å². The number of H-pyrrole nitrogens is 1. The number of carbonyl (C=O) groups excluding carboxylic acids is 2. The summed E-state index contributed by atoms with van der Waals surface area (Å²) < 4.78 is 24.1. The molecule has 3 aromatic rings. The van der Waals surface area contributed by atoms with Crippen LogP contribution >= 0.6 is 11.3 Å². The number of hydrogen-bond donors (Lipinski definition) is 1. The molecule has 0 unspecified atom stereocenters. The Labute approximate surface area is 213 Å². The lowest BCUT2D eigenvalue weighted by atomic mass is 10.1. The number of carbonyl (C=O) groups is 2. The van der Waals surface area contributed by atoms with E-state index in [1.807, 2.05) is 20.8 Å². The number of amides is 1. The van der Waals surface area contributed by atoms with E-state index in [9.17, 15) is 14.0 Å². The molecule has 1 aliphatic rings. The molecule has 0 saturated carbocycles. The number of piperazine rings is 1. The van der Waals surface area contributed by atoms with Crippen LogP contribution in [-0.4, -0.2) is 75.2 Å². The van der Waals surface area contributed by atoms with E-state index < -0.39 is 11.6 Å². The second-order valence-corrected chi connectivity index (χ2v) is 10.3. The molecule has 0 radical (unpaired) electrons. The molecular formula is C25H30FN5O4S. The lowest BCUT2D eigenvalue weighted by Gasteiger charge is -2.35. The summed E-state index contributed by atoms with van der Waals surface area (Å²) in [7, 11) is 0. The Morgan fingerprint density at radius 2 is 1.81 bits per heavy atom. The van der Waals surface area contributed by atoms with E-state index in [4.69, 9.17) is 14.5 Å². The van der Waals surface area contributed by atoms with Crippen molar-refractivity contribution in [3.8, 4) is 22.0 Å². The van der Waals surface area contributed by atoms with Gasteiger partial charge in [0.05, 0.1) is 18.8 Å². The number of halogens is 1. The number of rotatable bonds is 6. The normalized spacial score (nSPS) is 14.6. The van der Waals surface area contributed by atoms with Crippen molar-refractivity contribution in [3.05, 3.63) is 47.0 Å². The van der Waals surface area contributed by atoms with Gasteiger partial charge < -0.3 is 19.4 Å². The van der Waals surface area contributed by atoms with Crippen molar-refractivity contribution in [3.63, 3.8) is 0 Å². The summed E-state index contributed by atoms with van der Waals surface area (Å²) in [6, 6.07) is 6.10.